The summed E-state index contributed by atoms with van der Waals surface area (Å²) in [6.45, 7) is 6.31. The van der Waals surface area contributed by atoms with Gasteiger partial charge >= 0.3 is 0 Å². The fourth-order valence-electron chi connectivity index (χ4n) is 2.86. The monoisotopic (exact) mass is 622 g/mol. The second-order valence-electron chi connectivity index (χ2n) is 8.04. The van der Waals surface area contributed by atoms with Gasteiger partial charge in [-0.15, -0.1) is 0 Å². The Morgan fingerprint density at radius 1 is 0.500 bits per heavy atom. The zero-order chi connectivity index (χ0) is 29.1. The van der Waals surface area contributed by atoms with Crippen molar-refractivity contribution in [2.75, 3.05) is 35.2 Å². The maximum absolute atomic E-state index is 11.2. The molecule has 3 aromatic rings. The first-order valence-corrected chi connectivity index (χ1v) is 11.7. The first kappa shape index (κ1) is 56.0. The topological polar surface area (TPSA) is 105 Å². The highest BCUT2D eigenvalue weighted by Crippen LogP contribution is 2.22. The number of carbonyl (C=O) groups is 4. The van der Waals surface area contributed by atoms with Gasteiger partial charge in [0.15, 0.2) is 11.6 Å². The molecule has 3 rings (SSSR count). The summed E-state index contributed by atoms with van der Waals surface area (Å²) in [7, 11) is 6.42. The maximum Gasteiger partial charge on any atom is 0.159 e. The summed E-state index contributed by atoms with van der Waals surface area (Å²) in [5, 5.41) is 2.14. The van der Waals surface area contributed by atoms with Gasteiger partial charge in [-0.2, -0.15) is 0 Å². The molecule has 8 heteroatoms. The predicted octanol–water partition coefficient (Wildman–Crippen LogP) is 9.56. The number of fused-ring (bicyclic) bond motifs is 1. The standard InChI is InChI=1S/C13H12O2.C9H10O2.C5H8O2.C3H8O2.6CH4/c1-9(14)10-3-4-12-8-13(15-2)6-5-11(12)7-10;1-7(10)8-3-5-9(11-2)6-4-8;1-4(6)3-5(2)7;1-4-3-5-2;;;;;;/h3-8H,1-2H3;3-6H,1-2H3;3H2,1-2H3;3H2,1-2H3;6*1H4. The number of Topliss-reactive ketones (excluding diaryl/α,β-unsaturated/α-hetero) is 4. The molecule has 0 aliphatic rings. The van der Waals surface area contributed by atoms with E-state index in [2.05, 4.69) is 9.47 Å². The summed E-state index contributed by atoms with van der Waals surface area (Å²) in [4.78, 5) is 42.1. The Bertz CT molecular complexity index is 1150. The number of methoxy groups -OCH3 is 4. The van der Waals surface area contributed by atoms with Crippen molar-refractivity contribution in [1.29, 1.82) is 0 Å². The number of hydrogen-bond acceptors (Lipinski definition) is 8. The van der Waals surface area contributed by atoms with Gasteiger partial charge in [-0.1, -0.05) is 62.8 Å². The number of carbonyl (C=O) groups excluding carboxylic acids is 4. The quantitative estimate of drug-likeness (QED) is 0.139. The Hall–Kier alpha value is -3.88. The summed E-state index contributed by atoms with van der Waals surface area (Å²) in [6, 6.07) is 18.5. The molecule has 0 radical (unpaired) electrons. The third kappa shape index (κ3) is 24.7. The lowest BCUT2D eigenvalue weighted by atomic mass is 10.0. The van der Waals surface area contributed by atoms with Gasteiger partial charge in [-0.05, 0) is 80.9 Å². The van der Waals surface area contributed by atoms with Crippen LogP contribution >= 0.6 is 0 Å². The van der Waals surface area contributed by atoms with E-state index in [0.29, 0.717) is 12.4 Å². The predicted molar refractivity (Wildman–Crippen MR) is 189 cm³/mol. The molecule has 8 nitrogen and oxygen atoms in total. The lowest BCUT2D eigenvalue weighted by Gasteiger charge is -2.03. The molecule has 0 spiro atoms. The molecule has 0 aliphatic heterocycles. The molecule has 3 aromatic carbocycles. The molecule has 0 N–H and O–H groups in total. The van der Waals surface area contributed by atoms with E-state index in [0.717, 1.165) is 27.8 Å². The Morgan fingerprint density at radius 2 is 0.864 bits per heavy atom. The van der Waals surface area contributed by atoms with E-state index in [-0.39, 0.29) is 74.1 Å². The number of rotatable bonds is 8. The van der Waals surface area contributed by atoms with Crippen molar-refractivity contribution in [3.05, 3.63) is 71.8 Å². The van der Waals surface area contributed by atoms with E-state index in [4.69, 9.17) is 9.47 Å². The van der Waals surface area contributed by atoms with Crippen LogP contribution in [0.3, 0.4) is 0 Å². The molecule has 254 valence electrons. The summed E-state index contributed by atoms with van der Waals surface area (Å²) < 4.78 is 19.0. The number of ether oxygens (including phenoxy) is 4. The van der Waals surface area contributed by atoms with Gasteiger partial charge in [0.1, 0.15) is 29.9 Å². The molecule has 0 aromatic heterocycles. The average Bonchev–Trinajstić information content (AvgIpc) is 2.88. The molecule has 0 saturated heterocycles. The van der Waals surface area contributed by atoms with Crippen molar-refractivity contribution in [3.63, 3.8) is 0 Å². The lowest BCUT2D eigenvalue weighted by molar-refractivity contribution is -0.124. The third-order valence-corrected chi connectivity index (χ3v) is 4.68. The first-order valence-electron chi connectivity index (χ1n) is 11.7. The Morgan fingerprint density at radius 3 is 1.18 bits per heavy atom. The Balaban J connectivity index is -0.0000000851. The van der Waals surface area contributed by atoms with E-state index >= 15 is 0 Å². The minimum atomic E-state index is -0.0625. The van der Waals surface area contributed by atoms with Gasteiger partial charge in [0, 0.05) is 25.3 Å². The van der Waals surface area contributed by atoms with Crippen LogP contribution in [0.5, 0.6) is 11.5 Å². The summed E-state index contributed by atoms with van der Waals surface area (Å²) in [6.07, 6.45) is 0.0833. The first-order chi connectivity index (χ1) is 18.0. The number of benzene rings is 3. The van der Waals surface area contributed by atoms with Crippen molar-refractivity contribution in [3.8, 4) is 11.5 Å². The molecule has 0 aliphatic carbocycles. The van der Waals surface area contributed by atoms with Crippen LogP contribution in [0, 0.1) is 0 Å². The van der Waals surface area contributed by atoms with Crippen molar-refractivity contribution in [2.45, 2.75) is 78.7 Å². The van der Waals surface area contributed by atoms with Crippen LogP contribution in [0.1, 0.15) is 99.4 Å². The lowest BCUT2D eigenvalue weighted by Crippen LogP contribution is -1.97. The molecule has 0 amide bonds. The smallest absolute Gasteiger partial charge is 0.159 e. The molecule has 0 atom stereocenters. The summed E-state index contributed by atoms with van der Waals surface area (Å²) in [5.41, 5.74) is 1.46. The van der Waals surface area contributed by atoms with Crippen LogP contribution in [0.2, 0.25) is 0 Å². The van der Waals surface area contributed by atoms with E-state index in [1.165, 1.54) is 13.8 Å². The highest BCUT2D eigenvalue weighted by Gasteiger charge is 2.01. The van der Waals surface area contributed by atoms with Gasteiger partial charge < -0.3 is 18.9 Å². The van der Waals surface area contributed by atoms with Gasteiger partial charge in [0.2, 0.25) is 0 Å². The zero-order valence-corrected chi connectivity index (χ0v) is 23.5. The van der Waals surface area contributed by atoms with Crippen LogP contribution in [-0.4, -0.2) is 58.4 Å². The van der Waals surface area contributed by atoms with E-state index in [1.54, 1.807) is 66.6 Å². The Labute approximate surface area is 269 Å². The minimum Gasteiger partial charge on any atom is -0.497 e. The summed E-state index contributed by atoms with van der Waals surface area (Å²) in [5.74, 6) is 1.65. The van der Waals surface area contributed by atoms with Crippen molar-refractivity contribution in [2.24, 2.45) is 0 Å². The van der Waals surface area contributed by atoms with Crippen molar-refractivity contribution < 1.29 is 38.1 Å². The van der Waals surface area contributed by atoms with Crippen LogP contribution < -0.4 is 9.47 Å². The molecule has 0 heterocycles. The maximum atomic E-state index is 11.2. The third-order valence-electron chi connectivity index (χ3n) is 4.68. The van der Waals surface area contributed by atoms with Crippen molar-refractivity contribution in [1.82, 2.24) is 0 Å². The van der Waals surface area contributed by atoms with Gasteiger partial charge in [-0.25, -0.2) is 0 Å². The average molecular weight is 623 g/mol. The van der Waals surface area contributed by atoms with Crippen LogP contribution in [0.15, 0.2) is 60.7 Å². The SMILES string of the molecule is C.C.C.C.C.C.CC(=O)CC(C)=O.COCOC.COc1ccc(C(C)=O)cc1.COc1ccc2cc(C(C)=O)ccc2c1. The molecule has 0 saturated carbocycles. The van der Waals surface area contributed by atoms with Gasteiger partial charge in [0.05, 0.1) is 20.6 Å². The zero-order valence-electron chi connectivity index (χ0n) is 23.5. The van der Waals surface area contributed by atoms with E-state index in [1.807, 2.05) is 36.4 Å². The molecule has 44 heavy (non-hydrogen) atoms. The molecule has 0 bridgehead atoms. The molecule has 0 fully saturated rings. The van der Waals surface area contributed by atoms with E-state index < -0.39 is 0 Å². The highest BCUT2D eigenvalue weighted by molar-refractivity contribution is 5.98. The van der Waals surface area contributed by atoms with E-state index in [9.17, 15) is 19.2 Å². The fourth-order valence-corrected chi connectivity index (χ4v) is 2.86. The second-order valence-corrected chi connectivity index (χ2v) is 8.04. The number of ketones is 4. The van der Waals surface area contributed by atoms with Gasteiger partial charge in [0.25, 0.3) is 0 Å². The minimum absolute atomic E-state index is 0. The van der Waals surface area contributed by atoms with Crippen LogP contribution in [-0.2, 0) is 19.1 Å². The molecular weight excluding hydrogens is 560 g/mol. The normalized spacial score (nSPS) is 8.09. The fraction of sp³-hybridized carbons (Fsp3) is 0.444. The Kier molecular flexibility index (Phi) is 40.8. The molecule has 0 unspecified atom stereocenters. The van der Waals surface area contributed by atoms with Crippen LogP contribution in [0.4, 0.5) is 0 Å². The largest absolute Gasteiger partial charge is 0.497 e. The second kappa shape index (κ2) is 32.0. The highest BCUT2D eigenvalue weighted by atomic mass is 16.6. The van der Waals surface area contributed by atoms with Crippen molar-refractivity contribution >= 4 is 33.9 Å². The number of hydrogen-bond donors (Lipinski definition) is 0. The van der Waals surface area contributed by atoms with Crippen LogP contribution in [0.25, 0.3) is 10.8 Å². The molecular formula is C36H62O8. The summed E-state index contributed by atoms with van der Waals surface area (Å²) >= 11 is 0. The van der Waals surface area contributed by atoms with Gasteiger partial charge in [-0.3, -0.25) is 19.2 Å².